The Kier molecular flexibility index (Phi) is 3.39. The molecule has 0 aliphatic carbocycles. The van der Waals surface area contributed by atoms with Crippen LogP contribution in [-0.4, -0.2) is 10.1 Å². The van der Waals surface area contributed by atoms with Gasteiger partial charge in [-0.3, -0.25) is 4.79 Å². The van der Waals surface area contributed by atoms with E-state index in [0.29, 0.717) is 5.56 Å². The molecule has 1 aromatic carbocycles. The molecule has 6 nitrogen and oxygen atoms in total. The SMILES string of the molecule is Cc1cc(C)c(-c2c(C#N)c(N)[nH]c(=O)c2C#N)c(O)c1. The lowest BCUT2D eigenvalue weighted by molar-refractivity contribution is 0.476. The summed E-state index contributed by atoms with van der Waals surface area (Å²) in [5.41, 5.74) is 6.48. The fourth-order valence-electron chi connectivity index (χ4n) is 2.36. The number of nitriles is 2. The third-order valence-electron chi connectivity index (χ3n) is 3.18. The molecule has 0 aliphatic heterocycles. The quantitative estimate of drug-likeness (QED) is 0.732. The fourth-order valence-corrected chi connectivity index (χ4v) is 2.36. The summed E-state index contributed by atoms with van der Waals surface area (Å²) in [5.74, 6) is -0.235. The van der Waals surface area contributed by atoms with Crippen molar-refractivity contribution in [1.82, 2.24) is 4.98 Å². The molecule has 104 valence electrons. The van der Waals surface area contributed by atoms with Gasteiger partial charge < -0.3 is 15.8 Å². The second-order valence-corrected chi connectivity index (χ2v) is 4.69. The summed E-state index contributed by atoms with van der Waals surface area (Å²) < 4.78 is 0. The van der Waals surface area contributed by atoms with Crippen molar-refractivity contribution in [2.24, 2.45) is 0 Å². The summed E-state index contributed by atoms with van der Waals surface area (Å²) in [6, 6.07) is 6.94. The Hall–Kier alpha value is -3.25. The van der Waals surface area contributed by atoms with E-state index in [1.54, 1.807) is 26.0 Å². The molecule has 0 atom stereocenters. The van der Waals surface area contributed by atoms with Crippen LogP contribution < -0.4 is 11.3 Å². The summed E-state index contributed by atoms with van der Waals surface area (Å²) in [6.07, 6.45) is 0. The zero-order chi connectivity index (χ0) is 15.7. The zero-order valence-electron chi connectivity index (χ0n) is 11.5. The van der Waals surface area contributed by atoms with Crippen LogP contribution >= 0.6 is 0 Å². The molecule has 6 heteroatoms. The maximum atomic E-state index is 11.9. The van der Waals surface area contributed by atoms with Gasteiger partial charge in [-0.1, -0.05) is 6.07 Å². The van der Waals surface area contributed by atoms with E-state index in [1.807, 2.05) is 6.07 Å². The average molecular weight is 280 g/mol. The van der Waals surface area contributed by atoms with Gasteiger partial charge in [0.2, 0.25) is 0 Å². The predicted octanol–water partition coefficient (Wildman–Crippen LogP) is 1.69. The number of anilines is 1. The number of rotatable bonds is 1. The number of nitrogen functional groups attached to an aromatic ring is 1. The normalized spacial score (nSPS) is 9.90. The first-order valence-electron chi connectivity index (χ1n) is 6.07. The number of H-pyrrole nitrogens is 1. The third kappa shape index (κ3) is 2.19. The Morgan fingerprint density at radius 3 is 2.29 bits per heavy atom. The van der Waals surface area contributed by atoms with E-state index in [2.05, 4.69) is 4.98 Å². The molecule has 1 heterocycles. The Morgan fingerprint density at radius 2 is 1.76 bits per heavy atom. The number of benzene rings is 1. The highest BCUT2D eigenvalue weighted by Crippen LogP contribution is 2.37. The first-order chi connectivity index (χ1) is 9.90. The number of phenolic OH excluding ortho intramolecular Hbond substituents is 1. The van der Waals surface area contributed by atoms with Crippen molar-refractivity contribution in [2.45, 2.75) is 13.8 Å². The Balaban J connectivity index is 3.05. The van der Waals surface area contributed by atoms with Crippen LogP contribution in [0.5, 0.6) is 5.75 Å². The predicted molar refractivity (Wildman–Crippen MR) is 77.5 cm³/mol. The summed E-state index contributed by atoms with van der Waals surface area (Å²) in [5, 5.41) is 28.6. The summed E-state index contributed by atoms with van der Waals surface area (Å²) in [7, 11) is 0. The number of aromatic nitrogens is 1. The average Bonchev–Trinajstić information content (AvgIpc) is 2.37. The van der Waals surface area contributed by atoms with Crippen LogP contribution in [0.1, 0.15) is 22.3 Å². The molecule has 2 rings (SSSR count). The maximum absolute atomic E-state index is 11.9. The van der Waals surface area contributed by atoms with Gasteiger partial charge in [0.15, 0.2) is 0 Å². The highest BCUT2D eigenvalue weighted by molar-refractivity contribution is 5.85. The first-order valence-corrected chi connectivity index (χ1v) is 6.07. The van der Waals surface area contributed by atoms with Crippen LogP contribution in [0.4, 0.5) is 5.82 Å². The van der Waals surface area contributed by atoms with Gasteiger partial charge in [0, 0.05) is 11.1 Å². The van der Waals surface area contributed by atoms with Gasteiger partial charge in [-0.2, -0.15) is 10.5 Å². The van der Waals surface area contributed by atoms with E-state index in [1.165, 1.54) is 6.07 Å². The smallest absolute Gasteiger partial charge is 0.268 e. The number of hydrogen-bond donors (Lipinski definition) is 3. The molecule has 0 bridgehead atoms. The minimum Gasteiger partial charge on any atom is -0.507 e. The second kappa shape index (κ2) is 5.03. The molecule has 0 amide bonds. The molecule has 0 fully saturated rings. The Morgan fingerprint density at radius 1 is 1.14 bits per heavy atom. The number of hydrogen-bond acceptors (Lipinski definition) is 5. The lowest BCUT2D eigenvalue weighted by Gasteiger charge is -2.13. The summed E-state index contributed by atoms with van der Waals surface area (Å²) in [4.78, 5) is 14.1. The highest BCUT2D eigenvalue weighted by Gasteiger charge is 2.22. The molecule has 0 unspecified atom stereocenters. The van der Waals surface area contributed by atoms with Crippen molar-refractivity contribution in [3.05, 3.63) is 44.7 Å². The van der Waals surface area contributed by atoms with E-state index in [0.717, 1.165) is 5.56 Å². The van der Waals surface area contributed by atoms with Gasteiger partial charge in [0.1, 0.15) is 34.8 Å². The number of aromatic hydroxyl groups is 1. The Labute approximate surface area is 120 Å². The fraction of sp³-hybridized carbons (Fsp3) is 0.133. The standard InChI is InChI=1S/C15H12N4O2/c1-7-3-8(2)12(11(20)4-7)13-9(5-16)14(18)19-15(21)10(13)6-17/h3-4,20H,1-2H3,(H3,18,19,21). The number of pyridine rings is 1. The van der Waals surface area contributed by atoms with Crippen molar-refractivity contribution >= 4 is 5.82 Å². The number of phenols is 1. The van der Waals surface area contributed by atoms with Crippen molar-refractivity contribution in [3.8, 4) is 29.0 Å². The number of aryl methyl sites for hydroxylation is 2. The van der Waals surface area contributed by atoms with E-state index < -0.39 is 5.56 Å². The number of aromatic amines is 1. The molecule has 0 saturated heterocycles. The largest absolute Gasteiger partial charge is 0.507 e. The van der Waals surface area contributed by atoms with Crippen molar-refractivity contribution in [2.75, 3.05) is 5.73 Å². The molecule has 21 heavy (non-hydrogen) atoms. The van der Waals surface area contributed by atoms with Crippen LogP contribution in [0.15, 0.2) is 16.9 Å². The van der Waals surface area contributed by atoms with Crippen molar-refractivity contribution < 1.29 is 5.11 Å². The van der Waals surface area contributed by atoms with Crippen LogP contribution in [0.2, 0.25) is 0 Å². The van der Waals surface area contributed by atoms with Crippen LogP contribution in [0, 0.1) is 36.5 Å². The minimum absolute atomic E-state index is 0.0339. The van der Waals surface area contributed by atoms with E-state index in [-0.39, 0.29) is 33.8 Å². The van der Waals surface area contributed by atoms with Gasteiger partial charge in [0.25, 0.3) is 5.56 Å². The van der Waals surface area contributed by atoms with Crippen LogP contribution in [0.3, 0.4) is 0 Å². The number of nitrogens with one attached hydrogen (secondary N) is 1. The van der Waals surface area contributed by atoms with Gasteiger partial charge >= 0.3 is 0 Å². The topological polar surface area (TPSA) is 127 Å². The van der Waals surface area contributed by atoms with Gasteiger partial charge in [0.05, 0.1) is 0 Å². The van der Waals surface area contributed by atoms with E-state index in [4.69, 9.17) is 5.73 Å². The zero-order valence-corrected chi connectivity index (χ0v) is 11.5. The van der Waals surface area contributed by atoms with Crippen molar-refractivity contribution in [3.63, 3.8) is 0 Å². The molecule has 0 spiro atoms. The van der Waals surface area contributed by atoms with Crippen LogP contribution in [0.25, 0.3) is 11.1 Å². The maximum Gasteiger partial charge on any atom is 0.268 e. The molecule has 0 aliphatic rings. The summed E-state index contributed by atoms with van der Waals surface area (Å²) in [6.45, 7) is 3.53. The molecule has 4 N–H and O–H groups in total. The highest BCUT2D eigenvalue weighted by atomic mass is 16.3. The van der Waals surface area contributed by atoms with Crippen LogP contribution in [-0.2, 0) is 0 Å². The van der Waals surface area contributed by atoms with E-state index in [9.17, 15) is 20.4 Å². The molecular weight excluding hydrogens is 268 g/mol. The van der Waals surface area contributed by atoms with Gasteiger partial charge in [-0.05, 0) is 31.0 Å². The lowest BCUT2D eigenvalue weighted by Crippen LogP contribution is -2.16. The number of nitrogens with two attached hydrogens (primary N) is 1. The monoisotopic (exact) mass is 280 g/mol. The second-order valence-electron chi connectivity index (χ2n) is 4.69. The molecule has 2 aromatic rings. The van der Waals surface area contributed by atoms with Gasteiger partial charge in [-0.15, -0.1) is 0 Å². The number of nitrogens with zero attached hydrogens (tertiary/aromatic N) is 2. The third-order valence-corrected chi connectivity index (χ3v) is 3.18. The summed E-state index contributed by atoms with van der Waals surface area (Å²) >= 11 is 0. The molecule has 1 aromatic heterocycles. The molecule has 0 radical (unpaired) electrons. The van der Waals surface area contributed by atoms with Crippen molar-refractivity contribution in [1.29, 1.82) is 10.5 Å². The first kappa shape index (κ1) is 14.2. The molecule has 0 saturated carbocycles. The van der Waals surface area contributed by atoms with Gasteiger partial charge in [-0.25, -0.2) is 0 Å². The Bertz CT molecular complexity index is 859. The molecular formula is C15H12N4O2. The van der Waals surface area contributed by atoms with E-state index >= 15 is 0 Å². The lowest BCUT2D eigenvalue weighted by atomic mass is 9.91. The minimum atomic E-state index is -0.691.